The van der Waals surface area contributed by atoms with Crippen LogP contribution in [0.15, 0.2) is 35.4 Å². The molecule has 2 unspecified atom stereocenters. The molecule has 210 valence electrons. The lowest BCUT2D eigenvalue weighted by molar-refractivity contribution is 0.555. The number of nitrogens with zero attached hydrogens (tertiary/aromatic N) is 4. The van der Waals surface area contributed by atoms with E-state index >= 15 is 0 Å². The number of nitrogens with one attached hydrogen (secondary N) is 2. The van der Waals surface area contributed by atoms with Crippen LogP contribution in [0.2, 0.25) is 0 Å². The Balaban J connectivity index is 1.26. The van der Waals surface area contributed by atoms with E-state index in [-0.39, 0.29) is 22.6 Å². The summed E-state index contributed by atoms with van der Waals surface area (Å²) in [6, 6.07) is 6.50. The summed E-state index contributed by atoms with van der Waals surface area (Å²) in [4.78, 5) is 19.3. The van der Waals surface area contributed by atoms with E-state index in [2.05, 4.69) is 22.5 Å². The van der Waals surface area contributed by atoms with Crippen LogP contribution in [0, 0.1) is 25.6 Å². The average Bonchev–Trinajstić information content (AvgIpc) is 3.44. The number of thiazole rings is 1. The van der Waals surface area contributed by atoms with Crippen molar-refractivity contribution >= 4 is 43.2 Å². The molecule has 2 aliphatic rings. The predicted octanol–water partition coefficient (Wildman–Crippen LogP) is 6.10. The summed E-state index contributed by atoms with van der Waals surface area (Å²) in [5.41, 5.74) is 3.94. The number of hydrogen-bond donors (Lipinski definition) is 2. The molecule has 8 nitrogen and oxygen atoms in total. The lowest BCUT2D eigenvalue weighted by Crippen LogP contribution is -2.21. The van der Waals surface area contributed by atoms with Crippen LogP contribution >= 0.6 is 11.3 Å². The van der Waals surface area contributed by atoms with Crippen LogP contribution in [0.25, 0.3) is 20.8 Å². The standard InChI is InChI=1S/C29H33FN6O2S2/c1-4-23-26-24(11-12-31-23)39-28(35-26)25-17(3)32-29(34-19-7-8-19)36-27(25)33-20-6-5-18(14-20)15-40(37,38)21-9-10-22(30)16(2)13-21/h9-13,18-20H,4-8,14-15H2,1-3H3,(H2,32,33,34,36). The topological polar surface area (TPSA) is 110 Å². The highest BCUT2D eigenvalue weighted by Crippen LogP contribution is 2.39. The molecule has 0 spiro atoms. The molecule has 3 aromatic heterocycles. The minimum atomic E-state index is -3.52. The number of fused-ring (bicyclic) bond motifs is 1. The SMILES string of the molecule is CCc1nccc2sc(-c3c(C)nc(NC4CC4)nc3NC3CCC(CS(=O)(=O)c4ccc(F)c(C)c4)C3)nc12. The molecule has 0 radical (unpaired) electrons. The largest absolute Gasteiger partial charge is 0.367 e. The van der Waals surface area contributed by atoms with Crippen LogP contribution in [-0.4, -0.2) is 46.2 Å². The van der Waals surface area contributed by atoms with E-state index in [1.165, 1.54) is 18.2 Å². The summed E-state index contributed by atoms with van der Waals surface area (Å²) >= 11 is 1.61. The number of hydrogen-bond acceptors (Lipinski definition) is 9. The van der Waals surface area contributed by atoms with Gasteiger partial charge in [-0.1, -0.05) is 6.92 Å². The number of pyridine rings is 1. The van der Waals surface area contributed by atoms with E-state index in [0.717, 1.165) is 70.1 Å². The second kappa shape index (κ2) is 10.7. The molecule has 0 aliphatic heterocycles. The molecule has 0 amide bonds. The number of aromatic nitrogens is 4. The Hall–Kier alpha value is -3.18. The molecule has 3 heterocycles. The zero-order valence-corrected chi connectivity index (χ0v) is 24.5. The quantitative estimate of drug-likeness (QED) is 0.229. The molecule has 40 heavy (non-hydrogen) atoms. The second-order valence-corrected chi connectivity index (χ2v) is 14.0. The molecular formula is C29H33FN6O2S2. The van der Waals surface area contributed by atoms with Crippen molar-refractivity contribution in [2.45, 2.75) is 76.3 Å². The molecule has 2 N–H and O–H groups in total. The van der Waals surface area contributed by atoms with Gasteiger partial charge in [0, 0.05) is 18.3 Å². The highest BCUT2D eigenvalue weighted by Gasteiger charge is 2.31. The van der Waals surface area contributed by atoms with Crippen molar-refractivity contribution in [3.8, 4) is 10.6 Å². The van der Waals surface area contributed by atoms with Gasteiger partial charge in [0.05, 0.1) is 32.3 Å². The second-order valence-electron chi connectivity index (χ2n) is 11.0. The fourth-order valence-electron chi connectivity index (χ4n) is 5.45. The summed E-state index contributed by atoms with van der Waals surface area (Å²) in [7, 11) is -3.52. The van der Waals surface area contributed by atoms with Crippen LogP contribution < -0.4 is 10.6 Å². The zero-order valence-electron chi connectivity index (χ0n) is 22.9. The average molecular weight is 581 g/mol. The van der Waals surface area contributed by atoms with Crippen LogP contribution in [0.1, 0.15) is 56.0 Å². The van der Waals surface area contributed by atoms with Gasteiger partial charge in [0.2, 0.25) is 5.95 Å². The van der Waals surface area contributed by atoms with E-state index in [0.29, 0.717) is 24.0 Å². The lowest BCUT2D eigenvalue weighted by atomic mass is 10.1. The predicted molar refractivity (Wildman–Crippen MR) is 157 cm³/mol. The maximum absolute atomic E-state index is 13.7. The number of benzene rings is 1. The van der Waals surface area contributed by atoms with Gasteiger partial charge in [0.25, 0.3) is 0 Å². The van der Waals surface area contributed by atoms with Gasteiger partial charge >= 0.3 is 0 Å². The first kappa shape index (κ1) is 27.0. The Morgan fingerprint density at radius 2 is 1.82 bits per heavy atom. The Morgan fingerprint density at radius 1 is 1.02 bits per heavy atom. The number of rotatable bonds is 9. The molecular weight excluding hydrogens is 547 g/mol. The number of anilines is 2. The van der Waals surface area contributed by atoms with Gasteiger partial charge < -0.3 is 10.6 Å². The van der Waals surface area contributed by atoms with E-state index in [9.17, 15) is 12.8 Å². The highest BCUT2D eigenvalue weighted by atomic mass is 32.2. The fourth-order valence-corrected chi connectivity index (χ4v) is 8.28. The Kier molecular flexibility index (Phi) is 7.20. The molecule has 0 saturated heterocycles. The van der Waals surface area contributed by atoms with Gasteiger partial charge in [0.15, 0.2) is 9.84 Å². The Labute approximate surface area is 237 Å². The molecule has 2 fully saturated rings. The van der Waals surface area contributed by atoms with Crippen molar-refractivity contribution in [3.05, 3.63) is 53.2 Å². The highest BCUT2D eigenvalue weighted by molar-refractivity contribution is 7.91. The Morgan fingerprint density at radius 3 is 2.58 bits per heavy atom. The van der Waals surface area contributed by atoms with Crippen molar-refractivity contribution in [2.24, 2.45) is 5.92 Å². The van der Waals surface area contributed by atoms with E-state index in [1.54, 1.807) is 18.3 Å². The normalized spacial score (nSPS) is 19.3. The maximum atomic E-state index is 13.7. The Bertz CT molecular complexity index is 1690. The first-order valence-corrected chi connectivity index (χ1v) is 16.3. The van der Waals surface area contributed by atoms with E-state index < -0.39 is 15.7 Å². The summed E-state index contributed by atoms with van der Waals surface area (Å²) in [6.45, 7) is 5.65. The van der Waals surface area contributed by atoms with E-state index in [4.69, 9.17) is 15.0 Å². The third-order valence-corrected chi connectivity index (χ3v) is 10.7. The zero-order chi connectivity index (χ0) is 28.0. The van der Waals surface area contributed by atoms with Crippen molar-refractivity contribution in [3.63, 3.8) is 0 Å². The summed E-state index contributed by atoms with van der Waals surface area (Å²) in [5, 5.41) is 7.91. The van der Waals surface area contributed by atoms with Crippen molar-refractivity contribution < 1.29 is 12.8 Å². The number of aryl methyl sites for hydroxylation is 3. The third-order valence-electron chi connectivity index (χ3n) is 7.76. The molecule has 2 atom stereocenters. The molecule has 2 saturated carbocycles. The minimum Gasteiger partial charge on any atom is -0.367 e. The van der Waals surface area contributed by atoms with E-state index in [1.807, 2.05) is 19.2 Å². The van der Waals surface area contributed by atoms with Crippen molar-refractivity contribution in [1.82, 2.24) is 19.9 Å². The van der Waals surface area contributed by atoms with Gasteiger partial charge in [-0.25, -0.2) is 22.8 Å². The summed E-state index contributed by atoms with van der Waals surface area (Å²) in [6.07, 6.45) is 7.19. The first-order chi connectivity index (χ1) is 19.2. The number of halogens is 1. The molecule has 4 aromatic rings. The van der Waals surface area contributed by atoms with Gasteiger partial charge in [-0.3, -0.25) is 4.98 Å². The fraction of sp³-hybridized carbons (Fsp3) is 0.448. The minimum absolute atomic E-state index is 0.00365. The van der Waals surface area contributed by atoms with Crippen LogP contribution in [0.4, 0.5) is 16.2 Å². The van der Waals surface area contributed by atoms with Crippen LogP contribution in [0.5, 0.6) is 0 Å². The monoisotopic (exact) mass is 580 g/mol. The summed E-state index contributed by atoms with van der Waals surface area (Å²) in [5.74, 6) is 0.982. The van der Waals surface area contributed by atoms with Gasteiger partial charge in [-0.05, 0) is 88.1 Å². The smallest absolute Gasteiger partial charge is 0.225 e. The van der Waals surface area contributed by atoms with Crippen molar-refractivity contribution in [2.75, 3.05) is 16.4 Å². The van der Waals surface area contributed by atoms with Gasteiger partial charge in [-0.15, -0.1) is 11.3 Å². The van der Waals surface area contributed by atoms with Crippen LogP contribution in [-0.2, 0) is 16.3 Å². The number of sulfone groups is 1. The maximum Gasteiger partial charge on any atom is 0.225 e. The lowest BCUT2D eigenvalue weighted by Gasteiger charge is -2.18. The summed E-state index contributed by atoms with van der Waals surface area (Å²) < 4.78 is 41.0. The van der Waals surface area contributed by atoms with Gasteiger partial charge in [0.1, 0.15) is 22.2 Å². The molecule has 0 bridgehead atoms. The molecule has 1 aromatic carbocycles. The van der Waals surface area contributed by atoms with Gasteiger partial charge in [-0.2, -0.15) is 4.98 Å². The molecule has 11 heteroatoms. The molecule has 2 aliphatic carbocycles. The van der Waals surface area contributed by atoms with Crippen molar-refractivity contribution in [1.29, 1.82) is 0 Å². The first-order valence-electron chi connectivity index (χ1n) is 13.9. The van der Waals surface area contributed by atoms with Crippen LogP contribution in [0.3, 0.4) is 0 Å². The molecule has 6 rings (SSSR count). The third kappa shape index (κ3) is 5.54.